The number of hydrogen-bond acceptors (Lipinski definition) is 5. The van der Waals surface area contributed by atoms with E-state index in [4.69, 9.17) is 4.74 Å². The average molecular weight is 765 g/mol. The second kappa shape index (κ2) is 17.8. The van der Waals surface area contributed by atoms with Gasteiger partial charge in [-0.05, 0) is 105 Å². The summed E-state index contributed by atoms with van der Waals surface area (Å²) in [6.45, 7) is 30.5. The largest absolute Gasteiger partial charge is 0.465 e. The van der Waals surface area contributed by atoms with Crippen molar-refractivity contribution < 1.29 is 9.53 Å². The van der Waals surface area contributed by atoms with Crippen LogP contribution in [0.15, 0.2) is 110 Å². The van der Waals surface area contributed by atoms with E-state index >= 15 is 0 Å². The minimum Gasteiger partial charge on any atom is -0.465 e. The number of fused-ring (bicyclic) bond motifs is 3. The number of methoxy groups -OCH3 is 1. The van der Waals surface area contributed by atoms with Gasteiger partial charge in [0.25, 0.3) is 0 Å². The first-order valence-electron chi connectivity index (χ1n) is 19.8. The van der Waals surface area contributed by atoms with Gasteiger partial charge in [0.2, 0.25) is 0 Å². The molecule has 0 aliphatic carbocycles. The second-order valence-corrected chi connectivity index (χ2v) is 18.9. The van der Waals surface area contributed by atoms with E-state index in [0.717, 1.165) is 16.7 Å². The quantitative estimate of drug-likeness (QED) is 0.168. The number of esters is 1. The maximum Gasteiger partial charge on any atom is 0.337 e. The molecular formula is C51H64N4O2. The van der Waals surface area contributed by atoms with E-state index in [2.05, 4.69) is 184 Å². The number of carbonyl (C=O) groups is 1. The molecule has 6 nitrogen and oxygen atoms in total. The molecule has 6 heteroatoms. The molecular weight excluding hydrogens is 701 g/mol. The van der Waals surface area contributed by atoms with Crippen LogP contribution in [0.1, 0.15) is 127 Å². The third-order valence-electron chi connectivity index (χ3n) is 10.0. The third-order valence-corrected chi connectivity index (χ3v) is 10.0. The minimum atomic E-state index is -0.277. The van der Waals surface area contributed by atoms with Gasteiger partial charge in [-0.15, -0.1) is 0 Å². The molecule has 0 aliphatic heterocycles. The fourth-order valence-corrected chi connectivity index (χ4v) is 6.75. The predicted molar refractivity (Wildman–Crippen MR) is 242 cm³/mol. The summed E-state index contributed by atoms with van der Waals surface area (Å²) in [7, 11) is 1.40. The van der Waals surface area contributed by atoms with Gasteiger partial charge >= 0.3 is 5.97 Å². The SMILES string of the molecule is CC(C)(C)c1cccc2ncccc12.CC(C)(C)c1cncc2ccccc12.COC(=O)c1ccc(C)c(C(C)(C)C)c1.Cc1[nH]nc2ccc(C(C)(C)C)cc12. The Kier molecular flexibility index (Phi) is 13.9. The summed E-state index contributed by atoms with van der Waals surface area (Å²) in [6, 6.07) is 31.0. The molecule has 0 unspecified atom stereocenters. The number of ether oxygens (including phenoxy) is 1. The molecule has 7 aromatic rings. The highest BCUT2D eigenvalue weighted by atomic mass is 16.5. The van der Waals surface area contributed by atoms with Crippen molar-refractivity contribution in [2.75, 3.05) is 7.11 Å². The third kappa shape index (κ3) is 11.6. The van der Waals surface area contributed by atoms with E-state index in [1.54, 1.807) is 6.07 Å². The number of pyridine rings is 2. The van der Waals surface area contributed by atoms with Crippen molar-refractivity contribution >= 4 is 38.5 Å². The molecule has 0 spiro atoms. The second-order valence-electron chi connectivity index (χ2n) is 18.9. The highest BCUT2D eigenvalue weighted by Gasteiger charge is 2.20. The number of aromatic amines is 1. The highest BCUT2D eigenvalue weighted by Crippen LogP contribution is 2.31. The molecule has 57 heavy (non-hydrogen) atoms. The Morgan fingerprint density at radius 1 is 0.579 bits per heavy atom. The van der Waals surface area contributed by atoms with E-state index < -0.39 is 0 Å². The number of rotatable bonds is 1. The van der Waals surface area contributed by atoms with Crippen molar-refractivity contribution in [1.82, 2.24) is 20.2 Å². The Balaban J connectivity index is 0.000000168. The Bertz CT molecular complexity index is 2330. The lowest BCUT2D eigenvalue weighted by Gasteiger charge is -2.22. The average Bonchev–Trinajstić information content (AvgIpc) is 3.53. The summed E-state index contributed by atoms with van der Waals surface area (Å²) in [5, 5.41) is 12.3. The van der Waals surface area contributed by atoms with Gasteiger partial charge in [-0.25, -0.2) is 4.79 Å². The van der Waals surface area contributed by atoms with E-state index in [1.165, 1.54) is 56.5 Å². The normalized spacial score (nSPS) is 11.8. The number of aromatic nitrogens is 4. The molecule has 0 aliphatic rings. The van der Waals surface area contributed by atoms with E-state index in [-0.39, 0.29) is 27.6 Å². The zero-order valence-corrected chi connectivity index (χ0v) is 37.1. The van der Waals surface area contributed by atoms with Crippen LogP contribution in [0.3, 0.4) is 0 Å². The number of nitrogens with zero attached hydrogens (tertiary/aromatic N) is 3. The van der Waals surface area contributed by atoms with E-state index in [0.29, 0.717) is 5.56 Å². The molecule has 300 valence electrons. The first-order chi connectivity index (χ1) is 26.5. The monoisotopic (exact) mass is 765 g/mol. The fourth-order valence-electron chi connectivity index (χ4n) is 6.75. The van der Waals surface area contributed by atoms with Gasteiger partial charge < -0.3 is 4.74 Å². The van der Waals surface area contributed by atoms with E-state index in [1.807, 2.05) is 36.8 Å². The predicted octanol–water partition coefficient (Wildman–Crippen LogP) is 13.3. The molecule has 3 heterocycles. The number of H-pyrrole nitrogens is 1. The fraction of sp³-hybridized carbons (Fsp3) is 0.373. The van der Waals surface area contributed by atoms with Gasteiger partial charge in [0, 0.05) is 40.4 Å². The van der Waals surface area contributed by atoms with Crippen LogP contribution in [0.4, 0.5) is 0 Å². The summed E-state index contributed by atoms with van der Waals surface area (Å²) < 4.78 is 4.70. The smallest absolute Gasteiger partial charge is 0.337 e. The molecule has 0 atom stereocenters. The number of aryl methyl sites for hydroxylation is 2. The maximum absolute atomic E-state index is 11.4. The Morgan fingerprint density at radius 2 is 1.23 bits per heavy atom. The Hall–Kier alpha value is -5.36. The lowest BCUT2D eigenvalue weighted by molar-refractivity contribution is 0.0600. The van der Waals surface area contributed by atoms with Gasteiger partial charge in [0.05, 0.1) is 23.7 Å². The zero-order chi connectivity index (χ0) is 42.3. The molecule has 0 fully saturated rings. The molecule has 0 bridgehead atoms. The minimum absolute atomic E-state index is 0.0497. The van der Waals surface area contributed by atoms with Gasteiger partial charge in [0.1, 0.15) is 0 Å². The van der Waals surface area contributed by atoms with Gasteiger partial charge in [-0.2, -0.15) is 5.10 Å². The lowest BCUT2D eigenvalue weighted by Crippen LogP contribution is -2.14. The first-order valence-corrected chi connectivity index (χ1v) is 19.8. The summed E-state index contributed by atoms with van der Waals surface area (Å²) in [4.78, 5) is 20.0. The number of nitrogens with one attached hydrogen (secondary N) is 1. The molecule has 1 N–H and O–H groups in total. The zero-order valence-electron chi connectivity index (χ0n) is 37.1. The van der Waals surface area contributed by atoms with Crippen LogP contribution in [0, 0.1) is 13.8 Å². The summed E-state index contributed by atoms with van der Waals surface area (Å²) in [5.41, 5.74) is 10.9. The van der Waals surface area contributed by atoms with Crippen molar-refractivity contribution in [3.8, 4) is 0 Å². The maximum atomic E-state index is 11.4. The molecule has 3 aromatic heterocycles. The van der Waals surface area contributed by atoms with Gasteiger partial charge in [0.15, 0.2) is 0 Å². The Morgan fingerprint density at radius 3 is 1.86 bits per heavy atom. The number of hydrogen-bond donors (Lipinski definition) is 1. The highest BCUT2D eigenvalue weighted by molar-refractivity contribution is 5.90. The van der Waals surface area contributed by atoms with Crippen molar-refractivity contribution in [2.45, 2.75) is 119 Å². The number of benzene rings is 4. The molecule has 0 saturated heterocycles. The van der Waals surface area contributed by atoms with Crippen LogP contribution in [-0.4, -0.2) is 33.2 Å². The first kappa shape index (κ1) is 44.4. The van der Waals surface area contributed by atoms with Crippen LogP contribution in [0.2, 0.25) is 0 Å². The van der Waals surface area contributed by atoms with Crippen LogP contribution in [0.25, 0.3) is 32.6 Å². The summed E-state index contributed by atoms with van der Waals surface area (Å²) in [6.07, 6.45) is 5.74. The Labute approximate surface area is 341 Å². The standard InChI is InChI=1S/2C13H15N.C13H18O2.C12H16N2/c1-13(2,3)11-7-4-8-12-10(11)6-5-9-14-12;1-13(2,3)12-9-14-8-10-6-4-5-7-11(10)12;1-9-6-7-10(12(14)15-5)8-11(9)13(2,3)4;1-8-10-7-9(12(2,3)4)5-6-11(10)14-13-8/h2*4-9H,1-3H3;6-8H,1-5H3;5-7H,1-4H3,(H,13,14). The van der Waals surface area contributed by atoms with Crippen molar-refractivity contribution in [3.63, 3.8) is 0 Å². The van der Waals surface area contributed by atoms with Gasteiger partial charge in [-0.1, -0.05) is 138 Å². The molecule has 4 aromatic carbocycles. The van der Waals surface area contributed by atoms with Crippen molar-refractivity contribution in [2.24, 2.45) is 0 Å². The van der Waals surface area contributed by atoms with Gasteiger partial charge in [-0.3, -0.25) is 15.1 Å². The summed E-state index contributed by atoms with van der Waals surface area (Å²) >= 11 is 0. The van der Waals surface area contributed by atoms with Crippen LogP contribution >= 0.6 is 0 Å². The van der Waals surface area contributed by atoms with Crippen LogP contribution in [-0.2, 0) is 26.4 Å². The topological polar surface area (TPSA) is 80.8 Å². The van der Waals surface area contributed by atoms with Crippen LogP contribution < -0.4 is 0 Å². The molecule has 0 saturated carbocycles. The lowest BCUT2D eigenvalue weighted by atomic mass is 9.83. The molecule has 7 rings (SSSR count). The van der Waals surface area contributed by atoms with Crippen LogP contribution in [0.5, 0.6) is 0 Å². The number of carbonyl (C=O) groups excluding carboxylic acids is 1. The molecule has 0 amide bonds. The van der Waals surface area contributed by atoms with E-state index in [9.17, 15) is 4.79 Å². The van der Waals surface area contributed by atoms with Crippen molar-refractivity contribution in [1.29, 1.82) is 0 Å². The molecule has 0 radical (unpaired) electrons. The van der Waals surface area contributed by atoms with Crippen molar-refractivity contribution in [3.05, 3.63) is 149 Å². The summed E-state index contributed by atoms with van der Waals surface area (Å²) in [5.74, 6) is -0.277.